The van der Waals surface area contributed by atoms with E-state index < -0.39 is 6.10 Å². The van der Waals surface area contributed by atoms with Crippen LogP contribution in [0.5, 0.6) is 0 Å². The van der Waals surface area contributed by atoms with Crippen LogP contribution >= 0.6 is 27.5 Å². The standard InChI is InChI=1S/C14H16BrClN2O/c1-8-4-5-10(6-11(8)16)13(19)7-12-14(15)9(2)17-18(12)3/h4-6,13,19H,7H2,1-3H3. The van der Waals surface area contributed by atoms with Gasteiger partial charge < -0.3 is 5.11 Å². The Labute approximate surface area is 126 Å². The molecule has 0 saturated heterocycles. The molecule has 1 unspecified atom stereocenters. The predicted octanol–water partition coefficient (Wildman–Crippen LogP) is 3.73. The molecule has 0 amide bonds. The molecule has 0 aliphatic heterocycles. The molecule has 2 aromatic rings. The second-order valence-corrected chi connectivity index (χ2v) is 5.90. The third-order valence-corrected chi connectivity index (χ3v) is 4.67. The van der Waals surface area contributed by atoms with Gasteiger partial charge in [-0.2, -0.15) is 5.10 Å². The third-order valence-electron chi connectivity index (χ3n) is 3.23. The summed E-state index contributed by atoms with van der Waals surface area (Å²) in [6, 6.07) is 5.64. The molecule has 19 heavy (non-hydrogen) atoms. The van der Waals surface area contributed by atoms with Crippen molar-refractivity contribution < 1.29 is 5.11 Å². The lowest BCUT2D eigenvalue weighted by molar-refractivity contribution is 0.175. The number of rotatable bonds is 3. The topological polar surface area (TPSA) is 38.1 Å². The second kappa shape index (κ2) is 5.65. The lowest BCUT2D eigenvalue weighted by atomic mass is 10.0. The van der Waals surface area contributed by atoms with Gasteiger partial charge in [0.1, 0.15) is 0 Å². The Morgan fingerprint density at radius 1 is 1.42 bits per heavy atom. The molecule has 0 saturated carbocycles. The van der Waals surface area contributed by atoms with Gasteiger partial charge in [0.2, 0.25) is 0 Å². The molecule has 102 valence electrons. The van der Waals surface area contributed by atoms with Crippen molar-refractivity contribution >= 4 is 27.5 Å². The van der Waals surface area contributed by atoms with E-state index in [9.17, 15) is 5.11 Å². The van der Waals surface area contributed by atoms with Crippen LogP contribution in [-0.2, 0) is 13.5 Å². The molecule has 1 N–H and O–H groups in total. The molecule has 0 aliphatic carbocycles. The second-order valence-electron chi connectivity index (χ2n) is 4.70. The van der Waals surface area contributed by atoms with Gasteiger partial charge >= 0.3 is 0 Å². The van der Waals surface area contributed by atoms with E-state index in [-0.39, 0.29) is 0 Å². The maximum atomic E-state index is 10.3. The molecule has 2 rings (SSSR count). The van der Waals surface area contributed by atoms with Crippen LogP contribution in [0.25, 0.3) is 0 Å². The Balaban J connectivity index is 2.25. The summed E-state index contributed by atoms with van der Waals surface area (Å²) in [4.78, 5) is 0. The summed E-state index contributed by atoms with van der Waals surface area (Å²) in [5, 5.41) is 15.3. The van der Waals surface area contributed by atoms with Crippen LogP contribution in [0, 0.1) is 13.8 Å². The van der Waals surface area contributed by atoms with E-state index in [1.54, 1.807) is 4.68 Å². The summed E-state index contributed by atoms with van der Waals surface area (Å²) < 4.78 is 2.74. The Kier molecular flexibility index (Phi) is 4.33. The van der Waals surface area contributed by atoms with Crippen LogP contribution in [0.3, 0.4) is 0 Å². The molecule has 1 aromatic heterocycles. The Bertz CT molecular complexity index is 610. The number of hydrogen-bond acceptors (Lipinski definition) is 2. The van der Waals surface area contributed by atoms with Crippen LogP contribution in [-0.4, -0.2) is 14.9 Å². The van der Waals surface area contributed by atoms with Gasteiger partial charge in [-0.15, -0.1) is 0 Å². The van der Waals surface area contributed by atoms with E-state index in [2.05, 4.69) is 21.0 Å². The monoisotopic (exact) mass is 342 g/mol. The highest BCUT2D eigenvalue weighted by Crippen LogP contribution is 2.27. The van der Waals surface area contributed by atoms with Crippen molar-refractivity contribution in [3.05, 3.63) is 50.2 Å². The zero-order valence-electron chi connectivity index (χ0n) is 11.1. The van der Waals surface area contributed by atoms with Gasteiger partial charge in [-0.3, -0.25) is 4.68 Å². The van der Waals surface area contributed by atoms with Crippen molar-refractivity contribution in [2.75, 3.05) is 0 Å². The number of halogens is 2. The quantitative estimate of drug-likeness (QED) is 0.922. The minimum absolute atomic E-state index is 0.497. The van der Waals surface area contributed by atoms with E-state index >= 15 is 0 Å². The van der Waals surface area contributed by atoms with Crippen molar-refractivity contribution in [1.82, 2.24) is 9.78 Å². The molecule has 0 spiro atoms. The summed E-state index contributed by atoms with van der Waals surface area (Å²) in [5.41, 5.74) is 3.73. The maximum Gasteiger partial charge on any atom is 0.0846 e. The molecular formula is C14H16BrClN2O. The normalized spacial score (nSPS) is 12.7. The average Bonchev–Trinajstić information content (AvgIpc) is 2.59. The number of hydrogen-bond donors (Lipinski definition) is 1. The molecular weight excluding hydrogens is 328 g/mol. The largest absolute Gasteiger partial charge is 0.388 e. The zero-order chi connectivity index (χ0) is 14.2. The van der Waals surface area contributed by atoms with Gasteiger partial charge in [-0.05, 0) is 47.0 Å². The molecule has 5 heteroatoms. The van der Waals surface area contributed by atoms with Crippen LogP contribution in [0.15, 0.2) is 22.7 Å². The molecule has 0 aliphatic rings. The first-order valence-corrected chi connectivity index (χ1v) is 7.19. The van der Waals surface area contributed by atoms with Crippen LogP contribution in [0.1, 0.15) is 28.6 Å². The van der Waals surface area contributed by atoms with Gasteiger partial charge in [-0.25, -0.2) is 0 Å². The minimum atomic E-state index is -0.593. The molecule has 0 fully saturated rings. The van der Waals surface area contributed by atoms with Gasteiger partial charge in [-0.1, -0.05) is 23.7 Å². The van der Waals surface area contributed by atoms with E-state index in [0.717, 1.165) is 27.0 Å². The fraction of sp³-hybridized carbons (Fsp3) is 0.357. The van der Waals surface area contributed by atoms with Crippen molar-refractivity contribution in [3.8, 4) is 0 Å². The minimum Gasteiger partial charge on any atom is -0.388 e. The SMILES string of the molecule is Cc1ccc(C(O)Cc2c(Br)c(C)nn2C)cc1Cl. The third kappa shape index (κ3) is 3.02. The smallest absolute Gasteiger partial charge is 0.0846 e. The highest BCUT2D eigenvalue weighted by molar-refractivity contribution is 9.10. The molecule has 0 radical (unpaired) electrons. The fourth-order valence-corrected chi connectivity index (χ4v) is 2.71. The van der Waals surface area contributed by atoms with Crippen molar-refractivity contribution in [1.29, 1.82) is 0 Å². The highest BCUT2D eigenvalue weighted by Gasteiger charge is 2.16. The van der Waals surface area contributed by atoms with Crippen molar-refractivity contribution in [3.63, 3.8) is 0 Å². The van der Waals surface area contributed by atoms with E-state index in [1.165, 1.54) is 0 Å². The predicted molar refractivity (Wildman–Crippen MR) is 80.5 cm³/mol. The van der Waals surface area contributed by atoms with Crippen LogP contribution in [0.2, 0.25) is 5.02 Å². The molecule has 1 heterocycles. The molecule has 0 bridgehead atoms. The van der Waals surface area contributed by atoms with Crippen molar-refractivity contribution in [2.45, 2.75) is 26.4 Å². The summed E-state index contributed by atoms with van der Waals surface area (Å²) in [5.74, 6) is 0. The molecule has 1 aromatic carbocycles. The lowest BCUT2D eigenvalue weighted by Crippen LogP contribution is -2.07. The van der Waals surface area contributed by atoms with Gasteiger partial charge in [0.05, 0.1) is 22.0 Å². The highest BCUT2D eigenvalue weighted by atomic mass is 79.9. The summed E-state index contributed by atoms with van der Waals surface area (Å²) in [7, 11) is 1.88. The number of aromatic nitrogens is 2. The van der Waals surface area contributed by atoms with E-state index in [0.29, 0.717) is 11.4 Å². The zero-order valence-corrected chi connectivity index (χ0v) is 13.5. The molecule has 1 atom stereocenters. The number of benzene rings is 1. The van der Waals surface area contributed by atoms with Crippen LogP contribution in [0.4, 0.5) is 0 Å². The molecule has 3 nitrogen and oxygen atoms in total. The van der Waals surface area contributed by atoms with E-state index in [1.807, 2.05) is 39.1 Å². The fourth-order valence-electron chi connectivity index (χ4n) is 2.02. The lowest BCUT2D eigenvalue weighted by Gasteiger charge is -2.13. The first-order valence-electron chi connectivity index (χ1n) is 6.02. The number of aliphatic hydroxyl groups is 1. The Hall–Kier alpha value is -0.840. The summed E-state index contributed by atoms with van der Waals surface area (Å²) >= 11 is 9.60. The van der Waals surface area contributed by atoms with Gasteiger partial charge in [0.15, 0.2) is 0 Å². The van der Waals surface area contributed by atoms with E-state index in [4.69, 9.17) is 11.6 Å². The first kappa shape index (κ1) is 14.6. The number of nitrogens with zero attached hydrogens (tertiary/aromatic N) is 2. The number of aliphatic hydroxyl groups excluding tert-OH is 1. The van der Waals surface area contributed by atoms with Crippen LogP contribution < -0.4 is 0 Å². The number of aryl methyl sites for hydroxylation is 3. The Morgan fingerprint density at radius 2 is 2.11 bits per heavy atom. The first-order chi connectivity index (χ1) is 8.90. The summed E-state index contributed by atoms with van der Waals surface area (Å²) in [6.07, 6.45) is -0.0960. The average molecular weight is 344 g/mol. The Morgan fingerprint density at radius 3 is 2.63 bits per heavy atom. The van der Waals surface area contributed by atoms with Gasteiger partial charge in [0.25, 0.3) is 0 Å². The summed E-state index contributed by atoms with van der Waals surface area (Å²) in [6.45, 7) is 3.88. The maximum absolute atomic E-state index is 10.3. The van der Waals surface area contributed by atoms with Crippen molar-refractivity contribution in [2.24, 2.45) is 7.05 Å². The van der Waals surface area contributed by atoms with Gasteiger partial charge in [0, 0.05) is 18.5 Å².